The third kappa shape index (κ3) is 5.33. The zero-order chi connectivity index (χ0) is 21.9. The Labute approximate surface area is 182 Å². The van der Waals surface area contributed by atoms with Crippen LogP contribution in [0.1, 0.15) is 61.7 Å². The summed E-state index contributed by atoms with van der Waals surface area (Å²) in [6.45, 7) is 7.42. The van der Waals surface area contributed by atoms with Crippen molar-refractivity contribution in [3.05, 3.63) is 34.7 Å². The van der Waals surface area contributed by atoms with E-state index in [1.54, 1.807) is 25.3 Å². The molecule has 0 bridgehead atoms. The molecule has 2 N–H and O–H groups in total. The van der Waals surface area contributed by atoms with Crippen LogP contribution in [-0.2, 0) is 4.79 Å². The highest BCUT2D eigenvalue weighted by atomic mass is 32.1. The van der Waals surface area contributed by atoms with Crippen molar-refractivity contribution >= 4 is 33.8 Å². The number of carbonyl (C=O) groups excluding carboxylic acids is 2. The van der Waals surface area contributed by atoms with Crippen molar-refractivity contribution in [2.75, 3.05) is 17.7 Å². The molecule has 7 heteroatoms. The number of amides is 2. The van der Waals surface area contributed by atoms with Gasteiger partial charge in [-0.2, -0.15) is 0 Å². The van der Waals surface area contributed by atoms with Crippen LogP contribution in [0.5, 0.6) is 11.5 Å². The van der Waals surface area contributed by atoms with Crippen LogP contribution in [0, 0.1) is 12.3 Å². The minimum Gasteiger partial charge on any atom is -0.493 e. The molecule has 0 unspecified atom stereocenters. The van der Waals surface area contributed by atoms with Gasteiger partial charge in [0.2, 0.25) is 5.91 Å². The Bertz CT molecular complexity index is 924. The van der Waals surface area contributed by atoms with Crippen LogP contribution in [0.4, 0.5) is 10.7 Å². The average molecular weight is 431 g/mol. The predicted molar refractivity (Wildman–Crippen MR) is 121 cm³/mol. The first kappa shape index (κ1) is 22.2. The van der Waals surface area contributed by atoms with Crippen molar-refractivity contribution in [1.82, 2.24) is 0 Å². The molecule has 2 aromatic rings. The Balaban J connectivity index is 1.73. The molecule has 3 rings (SSSR count). The highest BCUT2D eigenvalue weighted by Gasteiger charge is 2.23. The van der Waals surface area contributed by atoms with E-state index in [1.807, 2.05) is 33.8 Å². The summed E-state index contributed by atoms with van der Waals surface area (Å²) in [7, 11) is 1.61. The van der Waals surface area contributed by atoms with E-state index >= 15 is 0 Å². The Hall–Kier alpha value is -2.54. The molecule has 1 aromatic carbocycles. The summed E-state index contributed by atoms with van der Waals surface area (Å²) in [5, 5.41) is 6.49. The van der Waals surface area contributed by atoms with E-state index in [0.29, 0.717) is 27.1 Å². The molecule has 0 saturated heterocycles. The normalized spacial score (nSPS) is 14.4. The lowest BCUT2D eigenvalue weighted by molar-refractivity contribution is -0.123. The summed E-state index contributed by atoms with van der Waals surface area (Å²) in [5.41, 5.74) is 0.957. The number of methoxy groups -OCH3 is 1. The van der Waals surface area contributed by atoms with E-state index in [1.165, 1.54) is 24.2 Å². The maximum atomic E-state index is 12.9. The van der Waals surface area contributed by atoms with Gasteiger partial charge in [-0.05, 0) is 56.4 Å². The first-order valence-electron chi connectivity index (χ1n) is 10.3. The van der Waals surface area contributed by atoms with E-state index in [-0.39, 0.29) is 17.9 Å². The lowest BCUT2D eigenvalue weighted by atomic mass is 9.96. The minimum absolute atomic E-state index is 0.0837. The van der Waals surface area contributed by atoms with Crippen LogP contribution < -0.4 is 20.1 Å². The SMILES string of the molecule is COc1ccc(NC(=O)c2sc(NC(=O)C(C)(C)C)cc2C)cc1OC1CCCC1. The Morgan fingerprint density at radius 2 is 1.77 bits per heavy atom. The maximum Gasteiger partial charge on any atom is 0.266 e. The highest BCUT2D eigenvalue weighted by Crippen LogP contribution is 2.35. The van der Waals surface area contributed by atoms with Crippen LogP contribution in [-0.4, -0.2) is 25.0 Å². The lowest BCUT2D eigenvalue weighted by Gasteiger charge is -2.17. The summed E-state index contributed by atoms with van der Waals surface area (Å²) in [6.07, 6.45) is 4.62. The molecule has 0 radical (unpaired) electrons. The van der Waals surface area contributed by atoms with E-state index in [2.05, 4.69) is 10.6 Å². The molecule has 30 heavy (non-hydrogen) atoms. The zero-order valence-corrected chi connectivity index (χ0v) is 19.1. The number of ether oxygens (including phenoxy) is 2. The molecule has 1 aromatic heterocycles. The van der Waals surface area contributed by atoms with Crippen molar-refractivity contribution in [3.8, 4) is 11.5 Å². The van der Waals surface area contributed by atoms with E-state index in [9.17, 15) is 9.59 Å². The molecule has 6 nitrogen and oxygen atoms in total. The number of anilines is 2. The second-order valence-electron chi connectivity index (χ2n) is 8.67. The fourth-order valence-electron chi connectivity index (χ4n) is 3.29. The quantitative estimate of drug-likeness (QED) is 0.623. The van der Waals surface area contributed by atoms with Crippen molar-refractivity contribution in [3.63, 3.8) is 0 Å². The van der Waals surface area contributed by atoms with Gasteiger partial charge >= 0.3 is 0 Å². The van der Waals surface area contributed by atoms with Gasteiger partial charge in [-0.15, -0.1) is 11.3 Å². The van der Waals surface area contributed by atoms with Gasteiger partial charge in [0.1, 0.15) is 0 Å². The summed E-state index contributed by atoms with van der Waals surface area (Å²) in [6, 6.07) is 7.23. The summed E-state index contributed by atoms with van der Waals surface area (Å²) >= 11 is 1.27. The molecular weight excluding hydrogens is 400 g/mol. The van der Waals surface area contributed by atoms with Gasteiger partial charge in [-0.25, -0.2) is 0 Å². The van der Waals surface area contributed by atoms with Gasteiger partial charge in [-0.1, -0.05) is 20.8 Å². The average Bonchev–Trinajstić information content (AvgIpc) is 3.30. The van der Waals surface area contributed by atoms with Crippen LogP contribution in [0.25, 0.3) is 0 Å². The molecule has 1 fully saturated rings. The van der Waals surface area contributed by atoms with Gasteiger partial charge in [0.15, 0.2) is 11.5 Å². The topological polar surface area (TPSA) is 76.7 Å². The highest BCUT2D eigenvalue weighted by molar-refractivity contribution is 7.18. The third-order valence-electron chi connectivity index (χ3n) is 5.06. The Kier molecular flexibility index (Phi) is 6.71. The number of nitrogens with one attached hydrogen (secondary N) is 2. The van der Waals surface area contributed by atoms with Gasteiger partial charge in [0.25, 0.3) is 5.91 Å². The number of carbonyl (C=O) groups is 2. The van der Waals surface area contributed by atoms with Crippen LogP contribution >= 0.6 is 11.3 Å². The molecule has 0 atom stereocenters. The zero-order valence-electron chi connectivity index (χ0n) is 18.3. The fraction of sp³-hybridized carbons (Fsp3) is 0.478. The molecule has 1 heterocycles. The van der Waals surface area contributed by atoms with E-state index in [0.717, 1.165) is 18.4 Å². The molecule has 1 aliphatic carbocycles. The monoisotopic (exact) mass is 430 g/mol. The van der Waals surface area contributed by atoms with Gasteiger partial charge < -0.3 is 20.1 Å². The first-order valence-corrected chi connectivity index (χ1v) is 11.1. The second kappa shape index (κ2) is 9.08. The lowest BCUT2D eigenvalue weighted by Crippen LogP contribution is -2.27. The summed E-state index contributed by atoms with van der Waals surface area (Å²) in [4.78, 5) is 25.6. The van der Waals surface area contributed by atoms with Crippen molar-refractivity contribution < 1.29 is 19.1 Å². The molecule has 2 amide bonds. The van der Waals surface area contributed by atoms with Crippen molar-refractivity contribution in [2.24, 2.45) is 5.41 Å². The molecule has 162 valence electrons. The number of thiophene rings is 1. The Morgan fingerprint density at radius 3 is 2.40 bits per heavy atom. The number of hydrogen-bond donors (Lipinski definition) is 2. The van der Waals surface area contributed by atoms with Crippen LogP contribution in [0.2, 0.25) is 0 Å². The van der Waals surface area contributed by atoms with Gasteiger partial charge in [0.05, 0.1) is 23.1 Å². The predicted octanol–water partition coefficient (Wildman–Crippen LogP) is 5.62. The van der Waals surface area contributed by atoms with Crippen molar-refractivity contribution in [1.29, 1.82) is 0 Å². The summed E-state index contributed by atoms with van der Waals surface area (Å²) in [5.74, 6) is 0.993. The summed E-state index contributed by atoms with van der Waals surface area (Å²) < 4.78 is 11.5. The fourth-order valence-corrected chi connectivity index (χ4v) is 4.25. The minimum atomic E-state index is -0.501. The second-order valence-corrected chi connectivity index (χ2v) is 9.72. The van der Waals surface area contributed by atoms with E-state index in [4.69, 9.17) is 9.47 Å². The van der Waals surface area contributed by atoms with E-state index < -0.39 is 5.41 Å². The number of rotatable bonds is 6. The maximum absolute atomic E-state index is 12.9. The van der Waals surface area contributed by atoms with Crippen LogP contribution in [0.3, 0.4) is 0 Å². The molecule has 0 spiro atoms. The number of benzene rings is 1. The Morgan fingerprint density at radius 1 is 1.07 bits per heavy atom. The number of hydrogen-bond acceptors (Lipinski definition) is 5. The number of aryl methyl sites for hydroxylation is 1. The standard InChI is InChI=1S/C23H30N2O4S/c1-14-12-19(25-22(27)23(2,3)4)30-20(14)21(26)24-15-10-11-17(28-5)18(13-15)29-16-8-6-7-9-16/h10-13,16H,6-9H2,1-5H3,(H,24,26)(H,25,27). The third-order valence-corrected chi connectivity index (χ3v) is 6.21. The van der Waals surface area contributed by atoms with Crippen LogP contribution in [0.15, 0.2) is 24.3 Å². The smallest absolute Gasteiger partial charge is 0.266 e. The molecule has 0 aliphatic heterocycles. The van der Waals surface area contributed by atoms with Crippen molar-refractivity contribution in [2.45, 2.75) is 59.5 Å². The van der Waals surface area contributed by atoms with Gasteiger partial charge in [0, 0.05) is 17.2 Å². The first-order chi connectivity index (χ1) is 14.2. The largest absolute Gasteiger partial charge is 0.493 e. The molecule has 1 aliphatic rings. The molecular formula is C23H30N2O4S. The molecule has 1 saturated carbocycles. The van der Waals surface area contributed by atoms with Gasteiger partial charge in [-0.3, -0.25) is 9.59 Å².